The van der Waals surface area contributed by atoms with Crippen molar-refractivity contribution in [2.75, 3.05) is 0 Å². The first-order valence-corrected chi connectivity index (χ1v) is 10.8. The Bertz CT molecular complexity index is 1430. The average molecular weight is 493 g/mol. The summed E-state index contributed by atoms with van der Waals surface area (Å²) >= 11 is 0. The van der Waals surface area contributed by atoms with Crippen LogP contribution in [0.3, 0.4) is 0 Å². The minimum Gasteiger partial charge on any atom is -0.507 e. The number of aromatic carboxylic acids is 1. The van der Waals surface area contributed by atoms with Gasteiger partial charge < -0.3 is 15.3 Å². The molecule has 0 saturated carbocycles. The van der Waals surface area contributed by atoms with Crippen LogP contribution in [-0.4, -0.2) is 46.0 Å². The summed E-state index contributed by atoms with van der Waals surface area (Å²) in [4.78, 5) is 35.1. The summed E-state index contributed by atoms with van der Waals surface area (Å²) in [5.74, 6) is -4.05. The fourth-order valence-electron chi connectivity index (χ4n) is 3.48. The van der Waals surface area contributed by atoms with Crippen molar-refractivity contribution in [3.05, 3.63) is 87.5 Å². The van der Waals surface area contributed by atoms with Gasteiger partial charge in [-0.3, -0.25) is 9.35 Å². The van der Waals surface area contributed by atoms with Gasteiger partial charge in [-0.1, -0.05) is 12.1 Å². The van der Waals surface area contributed by atoms with Crippen LogP contribution in [0.5, 0.6) is 5.75 Å². The Morgan fingerprint density at radius 3 is 2.12 bits per heavy atom. The van der Waals surface area contributed by atoms with Crippen LogP contribution in [0.15, 0.2) is 70.2 Å². The number of carbonyl (C=O) groups is 3. The molecule has 0 fully saturated rings. The Balaban J connectivity index is 0.00000408. The molecule has 0 amide bonds. The molecule has 0 aliphatic heterocycles. The molecule has 0 bridgehead atoms. The van der Waals surface area contributed by atoms with Gasteiger partial charge in [0.1, 0.15) is 16.9 Å². The largest absolute Gasteiger partial charge is 1.00 e. The number of carboxylic acid groups (broad SMARTS) is 2. The number of ketones is 1. The van der Waals surface area contributed by atoms with Gasteiger partial charge in [-0.15, -0.1) is 0 Å². The molecule has 11 heteroatoms. The third-order valence-corrected chi connectivity index (χ3v) is 5.88. The number of hydrogen-bond acceptors (Lipinski definition) is 6. The second-order valence-corrected chi connectivity index (χ2v) is 8.77. The van der Waals surface area contributed by atoms with Gasteiger partial charge >= 0.3 is 41.5 Å². The number of phenols is 1. The van der Waals surface area contributed by atoms with Crippen LogP contribution in [-0.2, 0) is 19.7 Å². The van der Waals surface area contributed by atoms with E-state index in [-0.39, 0.29) is 63.0 Å². The summed E-state index contributed by atoms with van der Waals surface area (Å²) in [6.45, 7) is 2.88. The molecule has 3 rings (SSSR count). The summed E-state index contributed by atoms with van der Waals surface area (Å²) in [5.41, 5.74) is 0.137. The molecule has 1 aliphatic carbocycles. The van der Waals surface area contributed by atoms with E-state index in [0.29, 0.717) is 0 Å². The van der Waals surface area contributed by atoms with Crippen molar-refractivity contribution >= 4 is 33.4 Å². The maximum absolute atomic E-state index is 12.3. The van der Waals surface area contributed by atoms with Gasteiger partial charge in [0.2, 0.25) is 0 Å². The van der Waals surface area contributed by atoms with Crippen LogP contribution in [0.2, 0.25) is 0 Å². The Labute approximate surface area is 216 Å². The van der Waals surface area contributed by atoms with Crippen LogP contribution in [0, 0.1) is 6.92 Å². The average Bonchev–Trinajstić information content (AvgIpc) is 2.72. The van der Waals surface area contributed by atoms with E-state index < -0.39 is 49.6 Å². The molecular weight excluding hydrogens is 475 g/mol. The Hall–Kier alpha value is -3.02. The number of aromatic hydroxyl groups is 1. The van der Waals surface area contributed by atoms with Gasteiger partial charge in [0.25, 0.3) is 10.1 Å². The third-order valence-electron chi connectivity index (χ3n) is 5.03. The molecule has 0 saturated heterocycles. The Kier molecular flexibility index (Phi) is 8.07. The summed E-state index contributed by atoms with van der Waals surface area (Å²) in [6.07, 6.45) is 2.50. The number of Topliss-reactive ketones (excluding diaryl/α,β-unsaturated/α-hetero) is 1. The normalized spacial score (nSPS) is 15.1. The van der Waals surface area contributed by atoms with E-state index in [1.807, 2.05) is 0 Å². The number of benzene rings is 2. The van der Waals surface area contributed by atoms with E-state index in [0.717, 1.165) is 24.3 Å². The number of rotatable bonds is 5. The van der Waals surface area contributed by atoms with Crippen LogP contribution >= 0.6 is 0 Å². The molecular formula is C23H18NaO9S+. The standard InChI is InChI=1S/C23H18O9S.Na/c1-11-6-14(9-17(20(11)24)22(26)27)19(13-4-3-5-16(8-13)33(30,31)32)15-7-12(2)21(25)18(10-15)23(28)29;/h3-10,24H,1-2H3,(H,26,27)(H,28,29)(H,30,31,32);/q;+1/b19-15+;. The van der Waals surface area contributed by atoms with E-state index in [1.165, 1.54) is 38.1 Å². The summed E-state index contributed by atoms with van der Waals surface area (Å²) in [5, 5.41) is 29.1. The Morgan fingerprint density at radius 1 is 0.912 bits per heavy atom. The first kappa shape index (κ1) is 27.2. The van der Waals surface area contributed by atoms with E-state index in [9.17, 15) is 42.7 Å². The van der Waals surface area contributed by atoms with E-state index in [1.54, 1.807) is 0 Å². The van der Waals surface area contributed by atoms with Crippen LogP contribution in [0.25, 0.3) is 5.57 Å². The molecule has 170 valence electrons. The zero-order valence-corrected chi connectivity index (χ0v) is 21.2. The molecule has 2 aromatic rings. The minimum absolute atomic E-state index is 0. The van der Waals surface area contributed by atoms with E-state index in [4.69, 9.17) is 0 Å². The third kappa shape index (κ3) is 5.37. The zero-order chi connectivity index (χ0) is 24.7. The number of carboxylic acids is 2. The molecule has 0 heterocycles. The number of hydrogen-bond donors (Lipinski definition) is 4. The van der Waals surface area contributed by atoms with Gasteiger partial charge in [0.15, 0.2) is 5.78 Å². The molecule has 2 aromatic carbocycles. The molecule has 34 heavy (non-hydrogen) atoms. The molecule has 0 unspecified atom stereocenters. The van der Waals surface area contributed by atoms with Crippen LogP contribution in [0.4, 0.5) is 0 Å². The summed E-state index contributed by atoms with van der Waals surface area (Å²) in [7, 11) is -4.59. The quantitative estimate of drug-likeness (QED) is 0.255. The van der Waals surface area contributed by atoms with Gasteiger partial charge in [0, 0.05) is 0 Å². The van der Waals surface area contributed by atoms with E-state index in [2.05, 4.69) is 0 Å². The summed E-state index contributed by atoms with van der Waals surface area (Å²) < 4.78 is 32.8. The monoisotopic (exact) mass is 493 g/mol. The van der Waals surface area contributed by atoms with Crippen molar-refractivity contribution in [1.29, 1.82) is 0 Å². The van der Waals surface area contributed by atoms with Gasteiger partial charge in [-0.25, -0.2) is 9.59 Å². The first-order valence-electron chi connectivity index (χ1n) is 9.38. The van der Waals surface area contributed by atoms with Crippen molar-refractivity contribution in [3.63, 3.8) is 0 Å². The smallest absolute Gasteiger partial charge is 0.507 e. The molecule has 4 N–H and O–H groups in total. The molecule has 0 aromatic heterocycles. The maximum atomic E-state index is 12.3. The molecule has 1 aliphatic rings. The van der Waals surface area contributed by atoms with Crippen molar-refractivity contribution in [3.8, 4) is 5.75 Å². The molecule has 0 atom stereocenters. The van der Waals surface area contributed by atoms with Crippen LogP contribution < -0.4 is 29.6 Å². The van der Waals surface area contributed by atoms with Crippen molar-refractivity contribution in [2.45, 2.75) is 18.7 Å². The predicted octanol–water partition coefficient (Wildman–Crippen LogP) is -0.00858. The molecule has 0 spiro atoms. The predicted molar refractivity (Wildman–Crippen MR) is 117 cm³/mol. The van der Waals surface area contributed by atoms with Crippen LogP contribution in [0.1, 0.15) is 34.0 Å². The second-order valence-electron chi connectivity index (χ2n) is 7.35. The number of carbonyl (C=O) groups excluding carboxylic acids is 1. The van der Waals surface area contributed by atoms with Gasteiger partial charge in [-0.05, 0) is 83.7 Å². The Morgan fingerprint density at radius 2 is 1.56 bits per heavy atom. The molecule has 0 radical (unpaired) electrons. The number of allylic oxidation sites excluding steroid dienone is 4. The van der Waals surface area contributed by atoms with Gasteiger partial charge in [-0.2, -0.15) is 8.42 Å². The SMILES string of the molecule is CC1=C/C(=C(/c2cccc(S(=O)(=O)O)c2)c2cc(C)c(O)c(C(=O)O)c2)C=C(C(=O)O)C1=O.[Na+]. The summed E-state index contributed by atoms with van der Waals surface area (Å²) in [6, 6.07) is 7.70. The second kappa shape index (κ2) is 10.1. The fourth-order valence-corrected chi connectivity index (χ4v) is 4.00. The van der Waals surface area contributed by atoms with Gasteiger partial charge in [0.05, 0.1) is 4.90 Å². The van der Waals surface area contributed by atoms with Crippen molar-refractivity contribution < 1.29 is 72.2 Å². The topological polar surface area (TPSA) is 166 Å². The minimum atomic E-state index is -4.59. The van der Waals surface area contributed by atoms with Crippen molar-refractivity contribution in [1.82, 2.24) is 0 Å². The fraction of sp³-hybridized carbons (Fsp3) is 0.0870. The number of aliphatic carboxylic acids is 1. The molecule has 9 nitrogen and oxygen atoms in total. The number of aryl methyl sites for hydroxylation is 1. The van der Waals surface area contributed by atoms with E-state index >= 15 is 0 Å². The zero-order valence-electron chi connectivity index (χ0n) is 18.4. The van der Waals surface area contributed by atoms with Crippen molar-refractivity contribution in [2.24, 2.45) is 0 Å². The first-order chi connectivity index (χ1) is 15.3. The maximum Gasteiger partial charge on any atom is 1.00 e.